The fourth-order valence-electron chi connectivity index (χ4n) is 7.69. The van der Waals surface area contributed by atoms with Crippen molar-refractivity contribution in [1.82, 2.24) is 29.9 Å². The molecule has 10 rings (SSSR count). The van der Waals surface area contributed by atoms with Crippen molar-refractivity contribution < 1.29 is 14.2 Å². The van der Waals surface area contributed by atoms with Crippen molar-refractivity contribution in [3.05, 3.63) is 216 Å². The van der Waals surface area contributed by atoms with E-state index < -0.39 is 0 Å². The number of hydrogen-bond donors (Lipinski definition) is 2. The molecule has 6 aromatic carbocycles. The minimum Gasteiger partial charge on any atom is -0.489 e. The second kappa shape index (κ2) is 21.9. The number of benzene rings is 6. The molecule has 0 radical (unpaired) electrons. The maximum absolute atomic E-state index is 6.54. The number of fused-ring (bicyclic) bond motifs is 2. The van der Waals surface area contributed by atoms with Crippen LogP contribution >= 0.6 is 11.8 Å². The fourth-order valence-corrected chi connectivity index (χ4v) is 8.57. The van der Waals surface area contributed by atoms with E-state index in [1.807, 2.05) is 140 Å². The molecule has 2 N–H and O–H groups in total. The number of hydrogen-bond acceptors (Lipinski definition) is 12. The highest BCUT2D eigenvalue weighted by Gasteiger charge is 2.15. The van der Waals surface area contributed by atoms with Crippen molar-refractivity contribution in [3.63, 3.8) is 0 Å². The summed E-state index contributed by atoms with van der Waals surface area (Å²) >= 11 is 1.63. The summed E-state index contributed by atoms with van der Waals surface area (Å²) in [5, 5.41) is 8.76. The summed E-state index contributed by atoms with van der Waals surface area (Å²) in [7, 11) is 0. The van der Waals surface area contributed by atoms with Crippen LogP contribution in [0.1, 0.15) is 73.2 Å². The van der Waals surface area contributed by atoms with Crippen LogP contribution in [0.5, 0.6) is 23.0 Å². The van der Waals surface area contributed by atoms with E-state index in [1.54, 1.807) is 18.1 Å². The first-order valence-corrected chi connectivity index (χ1v) is 24.5. The third-order valence-corrected chi connectivity index (χ3v) is 12.7. The van der Waals surface area contributed by atoms with Crippen molar-refractivity contribution in [1.29, 1.82) is 0 Å². The molecule has 0 saturated carbocycles. The van der Waals surface area contributed by atoms with Gasteiger partial charge in [0.1, 0.15) is 54.8 Å². The lowest BCUT2D eigenvalue weighted by atomic mass is 10.1. The molecule has 10 aromatic rings. The van der Waals surface area contributed by atoms with E-state index >= 15 is 0 Å². The largest absolute Gasteiger partial charge is 0.489 e. The maximum Gasteiger partial charge on any atom is 0.164 e. The van der Waals surface area contributed by atoms with Crippen molar-refractivity contribution >= 4 is 56.8 Å². The number of anilines is 4. The van der Waals surface area contributed by atoms with Crippen molar-refractivity contribution in [2.24, 2.45) is 0 Å². The Morgan fingerprint density at radius 3 is 1.51 bits per heavy atom. The Morgan fingerprint density at radius 2 is 0.972 bits per heavy atom. The molecule has 0 atom stereocenters. The highest BCUT2D eigenvalue weighted by atomic mass is 32.2. The van der Waals surface area contributed by atoms with Crippen LogP contribution in [0.3, 0.4) is 0 Å². The van der Waals surface area contributed by atoms with Crippen LogP contribution in [0.4, 0.5) is 23.0 Å². The predicted octanol–water partition coefficient (Wildman–Crippen LogP) is 14.6. The number of nitrogens with zero attached hydrogens (tertiary/aromatic N) is 6. The zero-order valence-electron chi connectivity index (χ0n) is 40.2. The van der Waals surface area contributed by atoms with E-state index in [1.165, 1.54) is 6.33 Å². The van der Waals surface area contributed by atoms with Crippen molar-refractivity contribution in [2.75, 3.05) is 10.6 Å². The molecule has 0 unspecified atom stereocenters. The molecular formula is C60H50N8O3S. The lowest BCUT2D eigenvalue weighted by Crippen LogP contribution is -2.01. The molecule has 12 heteroatoms. The van der Waals surface area contributed by atoms with Crippen LogP contribution in [-0.2, 0) is 13.2 Å². The van der Waals surface area contributed by atoms with Gasteiger partial charge in [0.15, 0.2) is 17.0 Å². The fraction of sp³-hybridized carbons (Fsp3) is 0.133. The van der Waals surface area contributed by atoms with Gasteiger partial charge >= 0.3 is 0 Å². The molecule has 72 heavy (non-hydrogen) atoms. The first-order chi connectivity index (χ1) is 35.3. The van der Waals surface area contributed by atoms with Gasteiger partial charge < -0.3 is 24.8 Å². The van der Waals surface area contributed by atoms with Crippen LogP contribution in [0.25, 0.3) is 22.1 Å². The van der Waals surface area contributed by atoms with Gasteiger partial charge in [-0.3, -0.25) is 0 Å². The van der Waals surface area contributed by atoms with E-state index in [-0.39, 0.29) is 11.8 Å². The van der Waals surface area contributed by atoms with E-state index in [0.717, 1.165) is 71.4 Å². The second-order valence-corrected chi connectivity index (χ2v) is 18.7. The highest BCUT2D eigenvalue weighted by Crippen LogP contribution is 2.38. The van der Waals surface area contributed by atoms with Gasteiger partial charge in [-0.25, -0.2) is 29.9 Å². The van der Waals surface area contributed by atoms with Crippen LogP contribution in [0, 0.1) is 11.8 Å². The number of ether oxygens (including phenoxy) is 3. The van der Waals surface area contributed by atoms with E-state index in [4.69, 9.17) is 24.2 Å². The molecule has 0 aliphatic heterocycles. The molecule has 0 saturated heterocycles. The maximum atomic E-state index is 6.54. The summed E-state index contributed by atoms with van der Waals surface area (Å²) in [6, 6.07) is 56.0. The highest BCUT2D eigenvalue weighted by molar-refractivity contribution is 7.99. The van der Waals surface area contributed by atoms with Crippen molar-refractivity contribution in [3.8, 4) is 34.8 Å². The number of rotatable bonds is 16. The van der Waals surface area contributed by atoms with Gasteiger partial charge in [-0.15, -0.1) is 0 Å². The quantitative estimate of drug-likeness (QED) is 0.0894. The number of nitrogens with one attached hydrogen (secondary N) is 2. The zero-order valence-corrected chi connectivity index (χ0v) is 41.0. The van der Waals surface area contributed by atoms with Gasteiger partial charge in [-0.2, -0.15) is 0 Å². The normalized spacial score (nSPS) is 11.1. The summed E-state index contributed by atoms with van der Waals surface area (Å²) in [6.07, 6.45) is 3.07. The Kier molecular flexibility index (Phi) is 14.3. The Balaban J connectivity index is 0.955. The molecule has 0 aliphatic carbocycles. The standard InChI is InChI=1S/C60H50N8O3S/c1-39(2)51-29-27-49-57(65-51)61-37-63-59(49)67-53-33-41(17-31-55(53)71-47-21-19-45(20-22-47)69-35-43-11-7-5-8-12-43)15-16-42-18-32-56(72-48-25-23-46(24-26-48)70-36-44-13-9-6-10-14-44)54(34-42)68-60-50-28-30-52(40(3)4)66-58(50)62-38-64-60/h5-14,17-34,37-40H,35-36H2,1-4H3,(H,61,63,65,67)(H,62,64,66,68). The Morgan fingerprint density at radius 1 is 0.486 bits per heavy atom. The summed E-state index contributed by atoms with van der Waals surface area (Å²) in [6.45, 7) is 9.43. The topological polar surface area (TPSA) is 129 Å². The van der Waals surface area contributed by atoms with E-state index in [9.17, 15) is 0 Å². The molecule has 0 bridgehead atoms. The van der Waals surface area contributed by atoms with E-state index in [0.29, 0.717) is 53.3 Å². The molecule has 0 fully saturated rings. The van der Waals surface area contributed by atoms with Crippen LogP contribution in [0.15, 0.2) is 192 Å². The summed E-state index contributed by atoms with van der Waals surface area (Å²) in [5.74, 6) is 11.3. The molecule has 0 amide bonds. The summed E-state index contributed by atoms with van der Waals surface area (Å²) < 4.78 is 18.7. The first-order valence-electron chi connectivity index (χ1n) is 23.7. The van der Waals surface area contributed by atoms with Gasteiger partial charge in [-0.05, 0) is 132 Å². The molecule has 4 aromatic heterocycles. The van der Waals surface area contributed by atoms with Gasteiger partial charge in [0.05, 0.1) is 22.1 Å². The zero-order chi connectivity index (χ0) is 49.2. The third-order valence-electron chi connectivity index (χ3n) is 11.6. The Labute approximate surface area is 423 Å². The molecule has 11 nitrogen and oxygen atoms in total. The minimum atomic E-state index is 0.249. The first kappa shape index (κ1) is 46.9. The molecule has 354 valence electrons. The Bertz CT molecular complexity index is 3310. The van der Waals surface area contributed by atoms with Gasteiger partial charge in [-0.1, -0.05) is 112 Å². The molecule has 4 heterocycles. The SMILES string of the molecule is CC(C)c1ccc2c(Nc3cc(C#Cc4ccc(Sc5ccc(OCc6ccccc6)cc5)c(Nc5ncnc6nc(C(C)C)ccc56)c4)ccc3Oc3ccc(OCc4ccccc4)cc3)ncnc2n1. The molecular weight excluding hydrogens is 913 g/mol. The number of pyridine rings is 2. The van der Waals surface area contributed by atoms with Gasteiger partial charge in [0, 0.05) is 32.3 Å². The lowest BCUT2D eigenvalue weighted by Gasteiger charge is -2.15. The van der Waals surface area contributed by atoms with Gasteiger partial charge in [0.2, 0.25) is 0 Å². The van der Waals surface area contributed by atoms with E-state index in [2.05, 4.69) is 100 Å². The number of aromatic nitrogens is 6. The predicted molar refractivity (Wildman–Crippen MR) is 287 cm³/mol. The second-order valence-electron chi connectivity index (χ2n) is 17.6. The average molecular weight is 963 g/mol. The lowest BCUT2D eigenvalue weighted by molar-refractivity contribution is 0.306. The smallest absolute Gasteiger partial charge is 0.164 e. The minimum absolute atomic E-state index is 0.249. The Hall–Kier alpha value is -8.79. The van der Waals surface area contributed by atoms with Crippen LogP contribution in [-0.4, -0.2) is 29.9 Å². The molecule has 0 aliphatic rings. The molecule has 0 spiro atoms. The average Bonchev–Trinajstić information content (AvgIpc) is 3.41. The van der Waals surface area contributed by atoms with Gasteiger partial charge in [0.25, 0.3) is 0 Å². The summed E-state index contributed by atoms with van der Waals surface area (Å²) in [5.41, 5.74) is 8.40. The van der Waals surface area contributed by atoms with Crippen molar-refractivity contribution in [2.45, 2.75) is 62.5 Å². The van der Waals surface area contributed by atoms with Crippen LogP contribution in [0.2, 0.25) is 0 Å². The third kappa shape index (κ3) is 11.6. The summed E-state index contributed by atoms with van der Waals surface area (Å²) in [4.78, 5) is 30.0. The monoisotopic (exact) mass is 962 g/mol. The van der Waals surface area contributed by atoms with Crippen LogP contribution < -0.4 is 24.8 Å².